The van der Waals surface area contributed by atoms with Crippen molar-refractivity contribution in [3.8, 4) is 5.75 Å². The molecule has 0 bridgehead atoms. The molecule has 1 N–H and O–H groups in total. The van der Waals surface area contributed by atoms with Crippen LogP contribution in [0.4, 0.5) is 4.39 Å². The predicted molar refractivity (Wildman–Crippen MR) is 62.6 cm³/mol. The van der Waals surface area contributed by atoms with Gasteiger partial charge >= 0.3 is 0 Å². The van der Waals surface area contributed by atoms with Crippen LogP contribution in [-0.2, 0) is 0 Å². The molecule has 0 saturated heterocycles. The number of hydrogen-bond acceptors (Lipinski definition) is 3. The lowest BCUT2D eigenvalue weighted by atomic mass is 10.0. The van der Waals surface area contributed by atoms with Crippen molar-refractivity contribution < 1.29 is 13.5 Å². The van der Waals surface area contributed by atoms with Gasteiger partial charge in [-0.3, -0.25) is 0 Å². The Bertz CT molecular complexity index is 482. The van der Waals surface area contributed by atoms with Gasteiger partial charge in [0, 0.05) is 0 Å². The van der Waals surface area contributed by atoms with Crippen LogP contribution in [0, 0.1) is 5.82 Å². The summed E-state index contributed by atoms with van der Waals surface area (Å²) in [6, 6.07) is 8.35. The van der Waals surface area contributed by atoms with E-state index in [9.17, 15) is 4.39 Å². The van der Waals surface area contributed by atoms with Crippen molar-refractivity contribution in [3.63, 3.8) is 0 Å². The van der Waals surface area contributed by atoms with E-state index in [1.165, 1.54) is 13.2 Å². The second kappa shape index (κ2) is 5.01. The average molecular weight is 235 g/mol. The molecule has 0 saturated carbocycles. The zero-order chi connectivity index (χ0) is 12.3. The standard InChI is InChI=1S/C13H14FNO2/c1-15-13(11-4-3-7-17-11)9-5-6-10(14)12(8-9)16-2/h3-8,13,15H,1-2H3. The van der Waals surface area contributed by atoms with Gasteiger partial charge in [-0.15, -0.1) is 0 Å². The van der Waals surface area contributed by atoms with Crippen LogP contribution in [0.15, 0.2) is 41.0 Å². The topological polar surface area (TPSA) is 34.4 Å². The van der Waals surface area contributed by atoms with Crippen LogP contribution in [0.25, 0.3) is 0 Å². The molecular weight excluding hydrogens is 221 g/mol. The Hall–Kier alpha value is -1.81. The smallest absolute Gasteiger partial charge is 0.165 e. The van der Waals surface area contributed by atoms with E-state index in [0.29, 0.717) is 0 Å². The Kier molecular flexibility index (Phi) is 3.44. The fraction of sp³-hybridized carbons (Fsp3) is 0.231. The molecule has 1 aromatic carbocycles. The van der Waals surface area contributed by atoms with Crippen LogP contribution in [-0.4, -0.2) is 14.2 Å². The molecule has 0 aliphatic rings. The third kappa shape index (κ3) is 2.31. The molecule has 0 spiro atoms. The molecule has 0 aliphatic heterocycles. The lowest BCUT2D eigenvalue weighted by Crippen LogP contribution is -2.17. The first-order valence-electron chi connectivity index (χ1n) is 5.30. The highest BCUT2D eigenvalue weighted by molar-refractivity contribution is 5.35. The summed E-state index contributed by atoms with van der Waals surface area (Å²) in [5.41, 5.74) is 0.890. The van der Waals surface area contributed by atoms with E-state index in [1.807, 2.05) is 19.2 Å². The average Bonchev–Trinajstić information content (AvgIpc) is 2.86. The maximum absolute atomic E-state index is 13.3. The summed E-state index contributed by atoms with van der Waals surface area (Å²) in [5.74, 6) is 0.640. The van der Waals surface area contributed by atoms with Gasteiger partial charge in [0.15, 0.2) is 11.6 Å². The van der Waals surface area contributed by atoms with Gasteiger partial charge < -0.3 is 14.5 Å². The van der Waals surface area contributed by atoms with Crippen molar-refractivity contribution in [2.24, 2.45) is 0 Å². The summed E-state index contributed by atoms with van der Waals surface area (Å²) in [7, 11) is 3.27. The maximum atomic E-state index is 13.3. The van der Waals surface area contributed by atoms with E-state index in [-0.39, 0.29) is 17.6 Å². The van der Waals surface area contributed by atoms with Crippen molar-refractivity contribution in [3.05, 3.63) is 53.7 Å². The molecule has 90 valence electrons. The first-order valence-corrected chi connectivity index (χ1v) is 5.30. The number of hydrogen-bond donors (Lipinski definition) is 1. The number of rotatable bonds is 4. The maximum Gasteiger partial charge on any atom is 0.165 e. The molecule has 0 aliphatic carbocycles. The zero-order valence-electron chi connectivity index (χ0n) is 9.74. The quantitative estimate of drug-likeness (QED) is 0.884. The van der Waals surface area contributed by atoms with Gasteiger partial charge in [0.2, 0.25) is 0 Å². The first-order chi connectivity index (χ1) is 8.26. The first kappa shape index (κ1) is 11.7. The van der Waals surface area contributed by atoms with E-state index >= 15 is 0 Å². The Balaban J connectivity index is 2.38. The molecule has 4 heteroatoms. The number of methoxy groups -OCH3 is 1. The number of ether oxygens (including phenoxy) is 1. The molecular formula is C13H14FNO2. The lowest BCUT2D eigenvalue weighted by Gasteiger charge is -2.15. The summed E-state index contributed by atoms with van der Waals surface area (Å²) in [4.78, 5) is 0. The van der Waals surface area contributed by atoms with Crippen molar-refractivity contribution in [1.82, 2.24) is 5.32 Å². The molecule has 1 heterocycles. The molecule has 0 amide bonds. The van der Waals surface area contributed by atoms with Crippen molar-refractivity contribution in [2.75, 3.05) is 14.2 Å². The second-order valence-corrected chi connectivity index (χ2v) is 3.63. The number of furan rings is 1. The summed E-state index contributed by atoms with van der Waals surface area (Å²) in [5, 5.41) is 3.12. The second-order valence-electron chi connectivity index (χ2n) is 3.63. The fourth-order valence-corrected chi connectivity index (χ4v) is 1.78. The molecule has 1 atom stereocenters. The van der Waals surface area contributed by atoms with Crippen molar-refractivity contribution in [2.45, 2.75) is 6.04 Å². The Morgan fingerprint density at radius 1 is 1.35 bits per heavy atom. The van der Waals surface area contributed by atoms with E-state index < -0.39 is 0 Å². The number of benzene rings is 1. The van der Waals surface area contributed by atoms with Gasteiger partial charge in [-0.25, -0.2) is 4.39 Å². The summed E-state index contributed by atoms with van der Waals surface area (Å²) < 4.78 is 23.6. The molecule has 1 aromatic heterocycles. The Labute approximate surface area is 99.2 Å². The highest BCUT2D eigenvalue weighted by Crippen LogP contribution is 2.26. The number of halogens is 1. The largest absolute Gasteiger partial charge is 0.494 e. The van der Waals surface area contributed by atoms with Gasteiger partial charge in [-0.05, 0) is 36.9 Å². The molecule has 17 heavy (non-hydrogen) atoms. The SMILES string of the molecule is CNC(c1ccc(F)c(OC)c1)c1ccco1. The molecule has 2 rings (SSSR count). The summed E-state index contributed by atoms with van der Waals surface area (Å²) in [6.45, 7) is 0. The minimum absolute atomic E-state index is 0.112. The van der Waals surface area contributed by atoms with Gasteiger partial charge in [0.25, 0.3) is 0 Å². The van der Waals surface area contributed by atoms with E-state index in [2.05, 4.69) is 5.32 Å². The van der Waals surface area contributed by atoms with Gasteiger partial charge in [0.05, 0.1) is 19.4 Å². The molecule has 0 radical (unpaired) electrons. The molecule has 2 aromatic rings. The van der Waals surface area contributed by atoms with Crippen molar-refractivity contribution >= 4 is 0 Å². The van der Waals surface area contributed by atoms with Crippen LogP contribution in [0.1, 0.15) is 17.4 Å². The highest BCUT2D eigenvalue weighted by Gasteiger charge is 2.16. The highest BCUT2D eigenvalue weighted by atomic mass is 19.1. The minimum atomic E-state index is -0.370. The van der Waals surface area contributed by atoms with E-state index in [4.69, 9.17) is 9.15 Å². The van der Waals surface area contributed by atoms with Crippen LogP contribution in [0.5, 0.6) is 5.75 Å². The Morgan fingerprint density at radius 2 is 2.18 bits per heavy atom. The van der Waals surface area contributed by atoms with Crippen molar-refractivity contribution in [1.29, 1.82) is 0 Å². The van der Waals surface area contributed by atoms with Gasteiger partial charge in [-0.2, -0.15) is 0 Å². The minimum Gasteiger partial charge on any atom is -0.494 e. The lowest BCUT2D eigenvalue weighted by molar-refractivity contribution is 0.384. The predicted octanol–water partition coefficient (Wildman–Crippen LogP) is 2.74. The Morgan fingerprint density at radius 3 is 2.76 bits per heavy atom. The monoisotopic (exact) mass is 235 g/mol. The van der Waals surface area contributed by atoms with Gasteiger partial charge in [-0.1, -0.05) is 6.07 Å². The summed E-state index contributed by atoms with van der Waals surface area (Å²) in [6.07, 6.45) is 1.61. The van der Waals surface area contributed by atoms with Crippen LogP contribution in [0.2, 0.25) is 0 Å². The third-order valence-corrected chi connectivity index (χ3v) is 2.62. The third-order valence-electron chi connectivity index (χ3n) is 2.62. The molecule has 0 fully saturated rings. The van der Waals surface area contributed by atoms with Crippen LogP contribution >= 0.6 is 0 Å². The molecule has 1 unspecified atom stereocenters. The van der Waals surface area contributed by atoms with Crippen LogP contribution in [0.3, 0.4) is 0 Å². The summed E-state index contributed by atoms with van der Waals surface area (Å²) >= 11 is 0. The van der Waals surface area contributed by atoms with E-state index in [0.717, 1.165) is 11.3 Å². The fourth-order valence-electron chi connectivity index (χ4n) is 1.78. The molecule has 3 nitrogen and oxygen atoms in total. The van der Waals surface area contributed by atoms with E-state index in [1.54, 1.807) is 18.4 Å². The normalized spacial score (nSPS) is 12.4. The van der Waals surface area contributed by atoms with Crippen LogP contribution < -0.4 is 10.1 Å². The van der Waals surface area contributed by atoms with Gasteiger partial charge in [0.1, 0.15) is 5.76 Å². The zero-order valence-corrected chi connectivity index (χ0v) is 9.74. The number of nitrogens with one attached hydrogen (secondary N) is 1.